The first-order chi connectivity index (χ1) is 15.2. The lowest BCUT2D eigenvalue weighted by atomic mass is 10.3. The van der Waals surface area contributed by atoms with Crippen molar-refractivity contribution in [3.8, 4) is 11.5 Å². The summed E-state index contributed by atoms with van der Waals surface area (Å²) < 4.78 is 71.6. The van der Waals surface area contributed by atoms with E-state index in [1.54, 1.807) is 6.07 Å². The molecule has 2 aromatic carbocycles. The molecule has 0 amide bonds. The van der Waals surface area contributed by atoms with E-state index < -0.39 is 20.0 Å². The molecule has 0 bridgehead atoms. The number of hydrogen-bond donors (Lipinski definition) is 2. The fourth-order valence-corrected chi connectivity index (χ4v) is 5.66. The molecule has 2 heterocycles. The van der Waals surface area contributed by atoms with Gasteiger partial charge in [-0.1, -0.05) is 5.16 Å². The summed E-state index contributed by atoms with van der Waals surface area (Å²) in [4.78, 5) is -0.0124. The predicted molar refractivity (Wildman–Crippen MR) is 116 cm³/mol. The predicted octanol–water partition coefficient (Wildman–Crippen LogP) is 3.05. The van der Waals surface area contributed by atoms with Gasteiger partial charge in [-0.2, -0.15) is 0 Å². The van der Waals surface area contributed by atoms with E-state index in [1.165, 1.54) is 50.2 Å². The Morgan fingerprint density at radius 1 is 0.812 bits per heavy atom. The summed E-state index contributed by atoms with van der Waals surface area (Å²) in [5, 5.41) is 3.65. The van der Waals surface area contributed by atoms with Gasteiger partial charge in [0, 0.05) is 23.9 Å². The van der Waals surface area contributed by atoms with Gasteiger partial charge in [0.15, 0.2) is 22.2 Å². The first-order valence-electron chi connectivity index (χ1n) is 9.64. The number of aryl methyl sites for hydroxylation is 2. The zero-order valence-corrected chi connectivity index (χ0v) is 18.9. The lowest BCUT2D eigenvalue weighted by molar-refractivity contribution is 0.297. The summed E-state index contributed by atoms with van der Waals surface area (Å²) in [7, 11) is -7.80. The molecule has 0 unspecified atom stereocenters. The number of nitrogens with zero attached hydrogens (tertiary/aromatic N) is 1. The molecule has 1 aromatic heterocycles. The van der Waals surface area contributed by atoms with Crippen molar-refractivity contribution in [2.75, 3.05) is 22.7 Å². The minimum atomic E-state index is -3.90. The van der Waals surface area contributed by atoms with E-state index in [-0.39, 0.29) is 32.6 Å². The van der Waals surface area contributed by atoms with E-state index in [0.717, 1.165) is 0 Å². The summed E-state index contributed by atoms with van der Waals surface area (Å²) in [6.07, 6.45) is 0.710. The van der Waals surface area contributed by atoms with Gasteiger partial charge < -0.3 is 14.0 Å². The number of ether oxygens (including phenoxy) is 2. The summed E-state index contributed by atoms with van der Waals surface area (Å²) in [5.41, 5.74) is 0.760. The second kappa shape index (κ2) is 8.36. The number of nitrogens with one attached hydrogen (secondary N) is 2. The number of rotatable bonds is 6. The minimum absolute atomic E-state index is 0.0185. The number of sulfonamides is 2. The molecule has 3 aromatic rings. The Morgan fingerprint density at radius 3 is 2.00 bits per heavy atom. The second-order valence-corrected chi connectivity index (χ2v) is 10.4. The van der Waals surface area contributed by atoms with Crippen LogP contribution in [0.4, 0.5) is 11.4 Å². The van der Waals surface area contributed by atoms with Gasteiger partial charge in [0.2, 0.25) is 0 Å². The summed E-state index contributed by atoms with van der Waals surface area (Å²) in [5.74, 6) is 1.04. The highest BCUT2D eigenvalue weighted by Crippen LogP contribution is 2.32. The van der Waals surface area contributed by atoms with Crippen molar-refractivity contribution in [2.24, 2.45) is 0 Å². The molecule has 0 saturated heterocycles. The number of hydrogen-bond acceptors (Lipinski definition) is 8. The van der Waals surface area contributed by atoms with Gasteiger partial charge >= 0.3 is 0 Å². The van der Waals surface area contributed by atoms with Crippen molar-refractivity contribution in [3.05, 3.63) is 53.9 Å². The number of anilines is 2. The van der Waals surface area contributed by atoms with Crippen LogP contribution in [0.2, 0.25) is 0 Å². The van der Waals surface area contributed by atoms with Crippen molar-refractivity contribution in [3.63, 3.8) is 0 Å². The highest BCUT2D eigenvalue weighted by molar-refractivity contribution is 7.93. The van der Waals surface area contributed by atoms with Gasteiger partial charge in [-0.3, -0.25) is 9.44 Å². The molecule has 170 valence electrons. The largest absolute Gasteiger partial charge is 0.490 e. The van der Waals surface area contributed by atoms with Crippen molar-refractivity contribution in [2.45, 2.75) is 30.1 Å². The lowest BCUT2D eigenvalue weighted by Crippen LogP contribution is -2.15. The van der Waals surface area contributed by atoms with Crippen LogP contribution in [-0.4, -0.2) is 35.2 Å². The van der Waals surface area contributed by atoms with Crippen molar-refractivity contribution < 1.29 is 30.8 Å². The van der Waals surface area contributed by atoms with Crippen LogP contribution in [0.1, 0.15) is 17.9 Å². The molecule has 0 spiro atoms. The third kappa shape index (κ3) is 4.50. The van der Waals surface area contributed by atoms with Crippen LogP contribution in [0.15, 0.2) is 56.8 Å². The molecular formula is C20H21N3O7S2. The highest BCUT2D eigenvalue weighted by Gasteiger charge is 2.24. The molecule has 0 saturated carbocycles. The molecule has 0 atom stereocenters. The molecule has 2 N–H and O–H groups in total. The topological polar surface area (TPSA) is 137 Å². The number of aromatic nitrogens is 1. The second-order valence-electron chi connectivity index (χ2n) is 7.10. The normalized spacial score (nSPS) is 13.9. The third-order valence-corrected chi connectivity index (χ3v) is 7.66. The van der Waals surface area contributed by atoms with E-state index in [9.17, 15) is 16.8 Å². The first-order valence-corrected chi connectivity index (χ1v) is 12.6. The summed E-state index contributed by atoms with van der Waals surface area (Å²) >= 11 is 0. The van der Waals surface area contributed by atoms with Gasteiger partial charge in [0.1, 0.15) is 5.69 Å². The van der Waals surface area contributed by atoms with Crippen LogP contribution in [0.5, 0.6) is 11.5 Å². The highest BCUT2D eigenvalue weighted by atomic mass is 32.2. The lowest BCUT2D eigenvalue weighted by Gasteiger charge is -2.12. The number of benzene rings is 2. The smallest absolute Gasteiger partial charge is 0.267 e. The average molecular weight is 480 g/mol. The molecule has 12 heteroatoms. The van der Waals surface area contributed by atoms with Crippen LogP contribution < -0.4 is 18.9 Å². The van der Waals surface area contributed by atoms with E-state index >= 15 is 0 Å². The fourth-order valence-electron chi connectivity index (χ4n) is 3.20. The number of fused-ring (bicyclic) bond motifs is 1. The van der Waals surface area contributed by atoms with Crippen LogP contribution >= 0.6 is 0 Å². The van der Waals surface area contributed by atoms with Crippen LogP contribution in [0, 0.1) is 13.8 Å². The molecule has 1 aliphatic rings. The van der Waals surface area contributed by atoms with Crippen LogP contribution in [0.3, 0.4) is 0 Å². The quantitative estimate of drug-likeness (QED) is 0.550. The summed E-state index contributed by atoms with van der Waals surface area (Å²) in [6, 6.07) is 10.2. The molecule has 4 rings (SSSR count). The van der Waals surface area contributed by atoms with Crippen LogP contribution in [0.25, 0.3) is 0 Å². The standard InChI is InChI=1S/C20H21N3O7S2/c1-13-20(14(2)30-21-13)32(26,27)23-16-6-4-15(5-7-16)22-31(24,25)17-8-9-18-19(12-17)29-11-3-10-28-18/h4-9,12,22-23H,3,10-11H2,1-2H3. The Bertz CT molecular complexity index is 1330. The maximum atomic E-state index is 12.8. The van der Waals surface area contributed by atoms with Gasteiger partial charge in [-0.15, -0.1) is 0 Å². The zero-order chi connectivity index (χ0) is 22.9. The first kappa shape index (κ1) is 22.0. The molecule has 1 aliphatic heterocycles. The van der Waals surface area contributed by atoms with E-state index in [2.05, 4.69) is 14.6 Å². The zero-order valence-electron chi connectivity index (χ0n) is 17.3. The molecule has 0 radical (unpaired) electrons. The molecule has 0 aliphatic carbocycles. The Morgan fingerprint density at radius 2 is 1.41 bits per heavy atom. The van der Waals surface area contributed by atoms with E-state index in [4.69, 9.17) is 14.0 Å². The Hall–Kier alpha value is -3.25. The van der Waals surface area contributed by atoms with Gasteiger partial charge in [0.25, 0.3) is 20.0 Å². The maximum absolute atomic E-state index is 12.8. The Labute approximate surface area is 185 Å². The monoisotopic (exact) mass is 479 g/mol. The van der Waals surface area contributed by atoms with Gasteiger partial charge in [0.05, 0.1) is 18.1 Å². The van der Waals surface area contributed by atoms with Crippen molar-refractivity contribution in [1.29, 1.82) is 0 Å². The molecular weight excluding hydrogens is 458 g/mol. The van der Waals surface area contributed by atoms with Crippen molar-refractivity contribution in [1.82, 2.24) is 5.16 Å². The van der Waals surface area contributed by atoms with E-state index in [1.807, 2.05) is 0 Å². The van der Waals surface area contributed by atoms with Gasteiger partial charge in [-0.05, 0) is 50.2 Å². The molecule has 0 fully saturated rings. The molecule has 10 nitrogen and oxygen atoms in total. The molecule has 32 heavy (non-hydrogen) atoms. The third-order valence-electron chi connectivity index (χ3n) is 4.66. The van der Waals surface area contributed by atoms with E-state index in [0.29, 0.717) is 31.1 Å². The fraction of sp³-hybridized carbons (Fsp3) is 0.250. The summed E-state index contributed by atoms with van der Waals surface area (Å²) in [6.45, 7) is 3.98. The SMILES string of the molecule is Cc1noc(C)c1S(=O)(=O)Nc1ccc(NS(=O)(=O)c2ccc3c(c2)OCCCO3)cc1. The van der Waals surface area contributed by atoms with Crippen molar-refractivity contribution >= 4 is 31.4 Å². The maximum Gasteiger partial charge on any atom is 0.267 e. The average Bonchev–Trinajstić information content (AvgIpc) is 2.94. The minimum Gasteiger partial charge on any atom is -0.490 e. The Kier molecular flexibility index (Phi) is 5.73. The Balaban J connectivity index is 1.50. The van der Waals surface area contributed by atoms with Crippen LogP contribution in [-0.2, 0) is 20.0 Å². The van der Waals surface area contributed by atoms with Gasteiger partial charge in [-0.25, -0.2) is 16.8 Å².